The lowest BCUT2D eigenvalue weighted by atomic mass is 9.60. The molecule has 1 aromatic rings. The second kappa shape index (κ2) is 3.08. The molecule has 0 aromatic carbocycles. The molecule has 2 bridgehead atoms. The SMILES string of the molecule is BrC12CCC(c3cccs3)(CC1)CC2. The van der Waals surface area contributed by atoms with E-state index in [1.54, 1.807) is 4.88 Å². The molecule has 0 spiro atoms. The van der Waals surface area contributed by atoms with Gasteiger partial charge in [0.25, 0.3) is 0 Å². The summed E-state index contributed by atoms with van der Waals surface area (Å²) in [5.41, 5.74) is 0.573. The summed E-state index contributed by atoms with van der Waals surface area (Å²) >= 11 is 5.88. The van der Waals surface area contributed by atoms with Crippen LogP contribution in [0.4, 0.5) is 0 Å². The van der Waals surface area contributed by atoms with E-state index in [1.165, 1.54) is 38.5 Å². The predicted octanol–water partition coefficient (Wildman–Crippen LogP) is 4.49. The molecule has 0 nitrogen and oxygen atoms in total. The molecule has 4 rings (SSSR count). The Morgan fingerprint density at radius 3 is 2.21 bits per heavy atom. The van der Waals surface area contributed by atoms with Gasteiger partial charge in [-0.15, -0.1) is 11.3 Å². The molecule has 14 heavy (non-hydrogen) atoms. The third kappa shape index (κ3) is 1.30. The average Bonchev–Trinajstić information content (AvgIpc) is 2.73. The highest BCUT2D eigenvalue weighted by Gasteiger charge is 2.48. The maximum atomic E-state index is 3.92. The summed E-state index contributed by atoms with van der Waals surface area (Å²) in [6.45, 7) is 0. The normalized spacial score (nSPS) is 41.5. The summed E-state index contributed by atoms with van der Waals surface area (Å²) in [7, 11) is 0. The summed E-state index contributed by atoms with van der Waals surface area (Å²) < 4.78 is 0.520. The van der Waals surface area contributed by atoms with Crippen molar-refractivity contribution in [2.45, 2.75) is 48.3 Å². The molecule has 0 N–H and O–H groups in total. The molecule has 3 fully saturated rings. The highest BCUT2D eigenvalue weighted by molar-refractivity contribution is 9.10. The van der Waals surface area contributed by atoms with E-state index in [0.29, 0.717) is 9.74 Å². The number of fused-ring (bicyclic) bond motifs is 3. The minimum Gasteiger partial charge on any atom is -0.148 e. The van der Waals surface area contributed by atoms with E-state index < -0.39 is 0 Å². The standard InChI is InChI=1S/C12H15BrS/c13-12-6-3-11(4-7-12,5-8-12)10-2-1-9-14-10/h1-2,9H,3-8H2. The molecular formula is C12H15BrS. The van der Waals surface area contributed by atoms with Crippen molar-refractivity contribution in [3.05, 3.63) is 22.4 Å². The molecule has 0 saturated heterocycles. The van der Waals surface area contributed by atoms with Gasteiger partial charge in [0, 0.05) is 14.6 Å². The molecular weight excluding hydrogens is 256 g/mol. The van der Waals surface area contributed by atoms with Crippen molar-refractivity contribution in [2.24, 2.45) is 0 Å². The van der Waals surface area contributed by atoms with Crippen molar-refractivity contribution >= 4 is 27.3 Å². The molecule has 0 atom stereocenters. The first-order valence-corrected chi connectivity index (χ1v) is 7.13. The lowest BCUT2D eigenvalue weighted by Gasteiger charge is -2.50. The van der Waals surface area contributed by atoms with Crippen LogP contribution in [-0.4, -0.2) is 4.32 Å². The Hall–Kier alpha value is 0.180. The van der Waals surface area contributed by atoms with Crippen LogP contribution < -0.4 is 0 Å². The van der Waals surface area contributed by atoms with E-state index in [9.17, 15) is 0 Å². The van der Waals surface area contributed by atoms with Crippen LogP contribution in [0.25, 0.3) is 0 Å². The summed E-state index contributed by atoms with van der Waals surface area (Å²) in [6, 6.07) is 4.55. The minimum atomic E-state index is 0.520. The topological polar surface area (TPSA) is 0 Å². The van der Waals surface area contributed by atoms with Gasteiger partial charge in [0.1, 0.15) is 0 Å². The van der Waals surface area contributed by atoms with Gasteiger partial charge in [-0.2, -0.15) is 0 Å². The predicted molar refractivity (Wildman–Crippen MR) is 65.4 cm³/mol. The van der Waals surface area contributed by atoms with Crippen LogP contribution in [0.15, 0.2) is 17.5 Å². The maximum absolute atomic E-state index is 3.92. The Morgan fingerprint density at radius 2 is 1.71 bits per heavy atom. The van der Waals surface area contributed by atoms with Gasteiger partial charge < -0.3 is 0 Å². The minimum absolute atomic E-state index is 0.520. The molecule has 1 heterocycles. The van der Waals surface area contributed by atoms with Crippen LogP contribution in [-0.2, 0) is 5.41 Å². The monoisotopic (exact) mass is 270 g/mol. The van der Waals surface area contributed by atoms with Gasteiger partial charge in [-0.3, -0.25) is 0 Å². The fourth-order valence-electron chi connectivity index (χ4n) is 3.09. The summed E-state index contributed by atoms with van der Waals surface area (Å²) in [4.78, 5) is 1.65. The van der Waals surface area contributed by atoms with Gasteiger partial charge >= 0.3 is 0 Å². The zero-order valence-electron chi connectivity index (χ0n) is 8.26. The van der Waals surface area contributed by atoms with E-state index in [0.717, 1.165) is 0 Å². The third-order valence-electron chi connectivity index (χ3n) is 4.20. The summed E-state index contributed by atoms with van der Waals surface area (Å²) in [5.74, 6) is 0. The van der Waals surface area contributed by atoms with Gasteiger partial charge in [-0.05, 0) is 50.0 Å². The van der Waals surface area contributed by atoms with Gasteiger partial charge in [0.05, 0.1) is 0 Å². The van der Waals surface area contributed by atoms with Gasteiger partial charge in [0.2, 0.25) is 0 Å². The fraction of sp³-hybridized carbons (Fsp3) is 0.667. The van der Waals surface area contributed by atoms with Crippen LogP contribution >= 0.6 is 27.3 Å². The number of alkyl halides is 1. The smallest absolute Gasteiger partial charge is 0.0259 e. The Kier molecular flexibility index (Phi) is 2.07. The lowest BCUT2D eigenvalue weighted by molar-refractivity contribution is 0.166. The first kappa shape index (κ1) is 9.41. The van der Waals surface area contributed by atoms with Crippen LogP contribution in [0.1, 0.15) is 43.4 Å². The van der Waals surface area contributed by atoms with Crippen LogP contribution in [0.2, 0.25) is 0 Å². The second-order valence-corrected chi connectivity index (χ2v) is 7.54. The molecule has 3 saturated carbocycles. The number of rotatable bonds is 1. The largest absolute Gasteiger partial charge is 0.148 e. The summed E-state index contributed by atoms with van der Waals surface area (Å²) in [5, 5.41) is 2.23. The Balaban J connectivity index is 1.93. The third-order valence-corrected chi connectivity index (χ3v) is 6.50. The number of thiophene rings is 1. The fourth-order valence-corrected chi connectivity index (χ4v) is 4.70. The first-order chi connectivity index (χ1) is 6.73. The van der Waals surface area contributed by atoms with Crippen molar-refractivity contribution in [2.75, 3.05) is 0 Å². The lowest BCUT2D eigenvalue weighted by Crippen LogP contribution is -2.44. The van der Waals surface area contributed by atoms with Gasteiger partial charge in [0.15, 0.2) is 0 Å². The highest BCUT2D eigenvalue weighted by Crippen LogP contribution is 2.57. The van der Waals surface area contributed by atoms with Crippen molar-refractivity contribution in [1.82, 2.24) is 0 Å². The molecule has 3 aliphatic rings. The van der Waals surface area contributed by atoms with E-state index >= 15 is 0 Å². The van der Waals surface area contributed by atoms with Crippen molar-refractivity contribution in [3.63, 3.8) is 0 Å². The Labute approximate surface area is 97.8 Å². The molecule has 3 aliphatic carbocycles. The van der Waals surface area contributed by atoms with Crippen molar-refractivity contribution < 1.29 is 0 Å². The van der Waals surface area contributed by atoms with Gasteiger partial charge in [-0.25, -0.2) is 0 Å². The second-order valence-electron chi connectivity index (χ2n) is 4.91. The highest BCUT2D eigenvalue weighted by atomic mass is 79.9. The maximum Gasteiger partial charge on any atom is 0.0259 e. The molecule has 0 radical (unpaired) electrons. The summed E-state index contributed by atoms with van der Waals surface area (Å²) in [6.07, 6.45) is 8.34. The molecule has 0 unspecified atom stereocenters. The van der Waals surface area contributed by atoms with Crippen molar-refractivity contribution in [3.8, 4) is 0 Å². The molecule has 0 aliphatic heterocycles. The number of hydrogen-bond donors (Lipinski definition) is 0. The Bertz CT molecular complexity index is 304. The molecule has 2 heteroatoms. The quantitative estimate of drug-likeness (QED) is 0.660. The number of halogens is 1. The van der Waals surface area contributed by atoms with E-state index in [1.807, 2.05) is 11.3 Å². The van der Waals surface area contributed by atoms with E-state index in [4.69, 9.17) is 0 Å². The van der Waals surface area contributed by atoms with Crippen LogP contribution in [0.3, 0.4) is 0 Å². The van der Waals surface area contributed by atoms with Crippen LogP contribution in [0.5, 0.6) is 0 Å². The van der Waals surface area contributed by atoms with Gasteiger partial charge in [-0.1, -0.05) is 22.0 Å². The Morgan fingerprint density at radius 1 is 1.07 bits per heavy atom. The zero-order valence-corrected chi connectivity index (χ0v) is 10.7. The van der Waals surface area contributed by atoms with E-state index in [-0.39, 0.29) is 0 Å². The molecule has 1 aromatic heterocycles. The zero-order chi connectivity index (χ0) is 9.65. The van der Waals surface area contributed by atoms with Crippen molar-refractivity contribution in [1.29, 1.82) is 0 Å². The average molecular weight is 271 g/mol. The number of hydrogen-bond acceptors (Lipinski definition) is 1. The van der Waals surface area contributed by atoms with E-state index in [2.05, 4.69) is 33.4 Å². The molecule has 76 valence electrons. The first-order valence-electron chi connectivity index (χ1n) is 5.46. The van der Waals surface area contributed by atoms with Crippen LogP contribution in [0, 0.1) is 0 Å². The molecule has 0 amide bonds.